The van der Waals surface area contributed by atoms with Gasteiger partial charge in [-0.1, -0.05) is 30.4 Å². The molecule has 0 saturated heterocycles. The van der Waals surface area contributed by atoms with E-state index in [1.54, 1.807) is 0 Å². The van der Waals surface area contributed by atoms with E-state index >= 15 is 0 Å². The summed E-state index contributed by atoms with van der Waals surface area (Å²) in [6, 6.07) is 7.11. The molecule has 17 heavy (non-hydrogen) atoms. The highest BCUT2D eigenvalue weighted by molar-refractivity contribution is 7.78. The van der Waals surface area contributed by atoms with Crippen molar-refractivity contribution in [3.63, 3.8) is 0 Å². The van der Waals surface area contributed by atoms with E-state index in [9.17, 15) is 4.79 Å². The minimum Gasteiger partial charge on any atom is -0.480 e. The lowest BCUT2D eigenvalue weighted by Gasteiger charge is -2.10. The molecule has 5 heteroatoms. The lowest BCUT2D eigenvalue weighted by molar-refractivity contribution is -0.138. The number of hydrogen-bond acceptors (Lipinski definition) is 2. The van der Waals surface area contributed by atoms with Crippen LogP contribution in [0.5, 0.6) is 0 Å². The number of rotatable bonds is 5. The summed E-state index contributed by atoms with van der Waals surface area (Å²) >= 11 is 4.63. The predicted molar refractivity (Wildman–Crippen MR) is 70.2 cm³/mol. The number of fused-ring (bicyclic) bond motifs is 1. The zero-order chi connectivity index (χ0) is 12.3. The minimum atomic E-state index is -0.906. The molecule has 88 valence electrons. The van der Waals surface area contributed by atoms with E-state index in [1.807, 2.05) is 30.5 Å². The number of carboxylic acid groups (broad SMARTS) is 1. The maximum Gasteiger partial charge on any atom is 0.326 e. The number of carbonyl (C=O) groups is 1. The summed E-state index contributed by atoms with van der Waals surface area (Å²) in [6.07, 6.45) is 2.23. The van der Waals surface area contributed by atoms with Crippen LogP contribution in [0, 0.1) is 0 Å². The number of benzene rings is 1. The molecule has 4 nitrogen and oxygen atoms in total. The first-order valence-corrected chi connectivity index (χ1v) is 5.67. The zero-order valence-electron chi connectivity index (χ0n) is 9.01. The van der Waals surface area contributed by atoms with Crippen LogP contribution >= 0.6 is 12.2 Å². The van der Waals surface area contributed by atoms with Crippen LogP contribution in [-0.2, 0) is 11.2 Å². The Morgan fingerprint density at radius 2 is 2.29 bits per heavy atom. The largest absolute Gasteiger partial charge is 0.480 e. The van der Waals surface area contributed by atoms with Crippen molar-refractivity contribution in [1.29, 1.82) is 0 Å². The number of para-hydroxylation sites is 1. The van der Waals surface area contributed by atoms with Gasteiger partial charge in [0.15, 0.2) is 0 Å². The molecule has 2 aromatic rings. The molecule has 1 atom stereocenters. The van der Waals surface area contributed by atoms with E-state index in [4.69, 9.17) is 5.11 Å². The summed E-state index contributed by atoms with van der Waals surface area (Å²) in [5, 5.41) is 12.7. The van der Waals surface area contributed by atoms with Gasteiger partial charge in [0.2, 0.25) is 0 Å². The van der Waals surface area contributed by atoms with Crippen molar-refractivity contribution >= 4 is 34.6 Å². The average molecular weight is 248 g/mol. The second-order valence-corrected chi connectivity index (χ2v) is 3.97. The van der Waals surface area contributed by atoms with Crippen molar-refractivity contribution in [1.82, 2.24) is 10.3 Å². The average Bonchev–Trinajstić information content (AvgIpc) is 2.72. The number of hydrogen-bond donors (Lipinski definition) is 3. The van der Waals surface area contributed by atoms with E-state index in [0.29, 0.717) is 6.42 Å². The monoisotopic (exact) mass is 248 g/mol. The topological polar surface area (TPSA) is 65.1 Å². The van der Waals surface area contributed by atoms with Gasteiger partial charge in [0.25, 0.3) is 0 Å². The Morgan fingerprint density at radius 1 is 1.53 bits per heavy atom. The quantitative estimate of drug-likeness (QED) is 0.705. The highest BCUT2D eigenvalue weighted by Gasteiger charge is 2.17. The number of carboxylic acids is 1. The Hall–Kier alpha value is -1.88. The normalized spacial score (nSPS) is 12.2. The van der Waals surface area contributed by atoms with Gasteiger partial charge in [-0.05, 0) is 11.6 Å². The number of nitrogens with one attached hydrogen (secondary N) is 2. The molecular formula is C12H12N2O2S. The molecule has 2 rings (SSSR count). The van der Waals surface area contributed by atoms with Crippen LogP contribution < -0.4 is 5.32 Å². The van der Waals surface area contributed by atoms with Crippen LogP contribution in [0.1, 0.15) is 5.56 Å². The van der Waals surface area contributed by atoms with Crippen molar-refractivity contribution in [2.45, 2.75) is 12.5 Å². The maximum atomic E-state index is 11.0. The van der Waals surface area contributed by atoms with Gasteiger partial charge in [-0.25, -0.2) is 4.79 Å². The Balaban J connectivity index is 2.28. The summed E-state index contributed by atoms with van der Waals surface area (Å²) in [4.78, 5) is 14.1. The number of aromatic amines is 1. The first kappa shape index (κ1) is 11.6. The van der Waals surface area contributed by atoms with E-state index < -0.39 is 12.0 Å². The Morgan fingerprint density at radius 3 is 3.00 bits per heavy atom. The van der Waals surface area contributed by atoms with E-state index in [0.717, 1.165) is 16.5 Å². The van der Waals surface area contributed by atoms with Crippen LogP contribution in [0.3, 0.4) is 0 Å². The molecular weight excluding hydrogens is 236 g/mol. The van der Waals surface area contributed by atoms with Crippen LogP contribution in [0.25, 0.3) is 10.9 Å². The first-order chi connectivity index (χ1) is 8.22. The second kappa shape index (κ2) is 4.97. The summed E-state index contributed by atoms with van der Waals surface area (Å²) in [7, 11) is 0. The van der Waals surface area contributed by atoms with Gasteiger partial charge in [-0.3, -0.25) is 0 Å². The van der Waals surface area contributed by atoms with Gasteiger partial charge in [0.05, 0.1) is 5.49 Å². The smallest absolute Gasteiger partial charge is 0.326 e. The molecule has 0 spiro atoms. The highest BCUT2D eigenvalue weighted by Crippen LogP contribution is 2.18. The van der Waals surface area contributed by atoms with E-state index in [-0.39, 0.29) is 0 Å². The number of H-pyrrole nitrogens is 1. The summed E-state index contributed by atoms with van der Waals surface area (Å²) in [5.41, 5.74) is 3.22. The molecule has 0 fully saturated rings. The molecule has 1 aromatic heterocycles. The van der Waals surface area contributed by atoms with Gasteiger partial charge in [0.1, 0.15) is 6.04 Å². The highest BCUT2D eigenvalue weighted by atomic mass is 32.1. The van der Waals surface area contributed by atoms with Crippen LogP contribution in [0.2, 0.25) is 0 Å². The third-order valence-electron chi connectivity index (χ3n) is 2.67. The fraction of sp³-hybridized carbons (Fsp3) is 0.167. The number of aromatic nitrogens is 1. The number of thiocarbonyl (C=S) groups is 1. The van der Waals surface area contributed by atoms with E-state index in [1.165, 1.54) is 5.49 Å². The van der Waals surface area contributed by atoms with Gasteiger partial charge >= 0.3 is 5.97 Å². The first-order valence-electron chi connectivity index (χ1n) is 5.20. The number of aliphatic carboxylic acids is 1. The SMILES string of the molecule is O=C(O)[C@H](Cc1c[nH]c2ccccc12)NC=S. The molecule has 0 bridgehead atoms. The van der Waals surface area contributed by atoms with Gasteiger partial charge in [0, 0.05) is 23.5 Å². The fourth-order valence-electron chi connectivity index (χ4n) is 1.82. The van der Waals surface area contributed by atoms with Gasteiger partial charge < -0.3 is 15.4 Å². The van der Waals surface area contributed by atoms with Crippen molar-refractivity contribution in [2.75, 3.05) is 0 Å². The molecule has 0 aliphatic rings. The van der Waals surface area contributed by atoms with Crippen molar-refractivity contribution in [3.8, 4) is 0 Å². The van der Waals surface area contributed by atoms with E-state index in [2.05, 4.69) is 22.5 Å². The van der Waals surface area contributed by atoms with Crippen molar-refractivity contribution in [2.24, 2.45) is 0 Å². The molecule has 3 N–H and O–H groups in total. The van der Waals surface area contributed by atoms with Crippen LogP contribution in [0.4, 0.5) is 0 Å². The summed E-state index contributed by atoms with van der Waals surface area (Å²) < 4.78 is 0. The Labute approximate surface area is 104 Å². The minimum absolute atomic E-state index is 0.395. The molecule has 1 aromatic carbocycles. The van der Waals surface area contributed by atoms with Crippen LogP contribution in [-0.4, -0.2) is 27.6 Å². The van der Waals surface area contributed by atoms with Gasteiger partial charge in [-0.15, -0.1) is 0 Å². The molecule has 0 aliphatic carbocycles. The molecule has 0 saturated carbocycles. The zero-order valence-corrected chi connectivity index (χ0v) is 9.83. The molecule has 1 heterocycles. The lowest BCUT2D eigenvalue weighted by atomic mass is 10.1. The second-order valence-electron chi connectivity index (χ2n) is 3.74. The van der Waals surface area contributed by atoms with Gasteiger partial charge in [-0.2, -0.15) is 0 Å². The third-order valence-corrected chi connectivity index (χ3v) is 2.80. The maximum absolute atomic E-state index is 11.0. The Bertz CT molecular complexity index is 550. The predicted octanol–water partition coefficient (Wildman–Crippen LogP) is 1.71. The summed E-state index contributed by atoms with van der Waals surface area (Å²) in [5.74, 6) is -0.906. The summed E-state index contributed by atoms with van der Waals surface area (Å²) in [6.45, 7) is 0. The van der Waals surface area contributed by atoms with Crippen LogP contribution in [0.15, 0.2) is 30.5 Å². The standard InChI is InChI=1S/C12H12N2O2S/c15-12(16)11(14-7-17)5-8-6-13-10-4-2-1-3-9(8)10/h1-4,6-7,11,13H,5H2,(H,14,17)(H,15,16)/t11-/m0/s1. The Kier molecular flexibility index (Phi) is 3.39. The fourth-order valence-corrected chi connectivity index (χ4v) is 1.98. The van der Waals surface area contributed by atoms with Crippen molar-refractivity contribution < 1.29 is 9.90 Å². The van der Waals surface area contributed by atoms with Crippen molar-refractivity contribution in [3.05, 3.63) is 36.0 Å². The third kappa shape index (κ3) is 2.45. The molecule has 0 radical (unpaired) electrons. The molecule has 0 amide bonds. The lowest BCUT2D eigenvalue weighted by Crippen LogP contribution is -2.37. The molecule has 0 unspecified atom stereocenters. The molecule has 0 aliphatic heterocycles.